The maximum absolute atomic E-state index is 13.1. The first-order valence-corrected chi connectivity index (χ1v) is 8.45. The van der Waals surface area contributed by atoms with Gasteiger partial charge in [-0.3, -0.25) is 14.5 Å². The number of hydrogen-bond donors (Lipinski definition) is 1. The monoisotopic (exact) mass is 327 g/mol. The van der Waals surface area contributed by atoms with Crippen molar-refractivity contribution in [3.05, 3.63) is 46.7 Å². The van der Waals surface area contributed by atoms with Crippen LogP contribution in [0.5, 0.6) is 0 Å². The molecule has 1 N–H and O–H groups in total. The Kier molecular flexibility index (Phi) is 3.41. The fraction of sp³-hybridized carbons (Fsp3) is 0.474. The van der Waals surface area contributed by atoms with Gasteiger partial charge in [-0.1, -0.05) is 24.3 Å². The largest absolute Gasteiger partial charge is 0.480 e. The summed E-state index contributed by atoms with van der Waals surface area (Å²) in [7, 11) is 0. The van der Waals surface area contributed by atoms with Gasteiger partial charge in [0, 0.05) is 11.1 Å². The number of aliphatic hydroxyl groups is 1. The normalized spacial score (nSPS) is 29.3. The molecule has 0 amide bonds. The van der Waals surface area contributed by atoms with E-state index in [1.165, 1.54) is 0 Å². The summed E-state index contributed by atoms with van der Waals surface area (Å²) in [5.41, 5.74) is 0.191. The third kappa shape index (κ3) is 2.08. The second kappa shape index (κ2) is 5.26. The molecule has 1 aliphatic carbocycles. The van der Waals surface area contributed by atoms with Gasteiger partial charge < -0.3 is 9.84 Å². The zero-order valence-electron chi connectivity index (χ0n) is 13.9. The first kappa shape index (κ1) is 15.5. The molecule has 5 heteroatoms. The molecule has 0 bridgehead atoms. The molecule has 0 spiro atoms. The molecule has 2 atom stereocenters. The number of hydrogen-bond acceptors (Lipinski definition) is 5. The number of carbonyl (C=O) groups is 2. The van der Waals surface area contributed by atoms with Crippen LogP contribution in [0.4, 0.5) is 0 Å². The number of benzene rings is 1. The van der Waals surface area contributed by atoms with E-state index in [2.05, 4.69) is 4.90 Å². The number of aliphatic hydroxyl groups excluding tert-OH is 1. The molecule has 24 heavy (non-hydrogen) atoms. The van der Waals surface area contributed by atoms with Crippen molar-refractivity contribution in [3.63, 3.8) is 0 Å². The molecular formula is C19H21NO4. The van der Waals surface area contributed by atoms with Gasteiger partial charge in [0.1, 0.15) is 11.7 Å². The van der Waals surface area contributed by atoms with E-state index >= 15 is 0 Å². The minimum absolute atomic E-state index is 0.117. The third-order valence-corrected chi connectivity index (χ3v) is 5.32. The van der Waals surface area contributed by atoms with Crippen LogP contribution in [0.1, 0.15) is 47.4 Å². The number of likely N-dealkylation sites (tertiary alicyclic amines) is 1. The van der Waals surface area contributed by atoms with E-state index in [1.54, 1.807) is 38.1 Å². The molecule has 1 aromatic carbocycles. The van der Waals surface area contributed by atoms with Crippen molar-refractivity contribution in [1.29, 1.82) is 0 Å². The van der Waals surface area contributed by atoms with Crippen LogP contribution in [0, 0.1) is 0 Å². The number of fused-ring (bicyclic) bond motifs is 1. The SMILES string of the molecule is CC1(C)OC2=C(C(=O)c3ccccc3C2=O)[C@@H](N2CCCC2)[C@@H]1O. The Morgan fingerprint density at radius 2 is 1.67 bits per heavy atom. The first-order chi connectivity index (χ1) is 11.4. The van der Waals surface area contributed by atoms with Gasteiger partial charge in [-0.15, -0.1) is 0 Å². The standard InChI is InChI=1S/C19H21NO4/c1-19(2)18(23)14(20-9-5-6-10-20)13-15(21)11-7-3-4-8-12(11)16(22)17(13)24-19/h3-4,7-8,14,18,23H,5-6,9-10H2,1-2H3/t14-,18+/m1/s1. The Bertz CT molecular complexity index is 758. The fourth-order valence-corrected chi connectivity index (χ4v) is 4.01. The van der Waals surface area contributed by atoms with Crippen molar-refractivity contribution < 1.29 is 19.4 Å². The average Bonchev–Trinajstić information content (AvgIpc) is 3.08. The highest BCUT2D eigenvalue weighted by Gasteiger charge is 2.52. The lowest BCUT2D eigenvalue weighted by atomic mass is 9.77. The van der Waals surface area contributed by atoms with Gasteiger partial charge in [0.05, 0.1) is 11.6 Å². The second-order valence-electron chi connectivity index (χ2n) is 7.28. The molecule has 2 heterocycles. The zero-order valence-corrected chi connectivity index (χ0v) is 13.9. The van der Waals surface area contributed by atoms with Gasteiger partial charge >= 0.3 is 0 Å². The van der Waals surface area contributed by atoms with E-state index < -0.39 is 17.7 Å². The molecule has 4 rings (SSSR count). The first-order valence-electron chi connectivity index (χ1n) is 8.45. The van der Waals surface area contributed by atoms with Crippen LogP contribution in [-0.4, -0.2) is 52.4 Å². The summed E-state index contributed by atoms with van der Waals surface area (Å²) in [5, 5.41) is 10.9. The summed E-state index contributed by atoms with van der Waals surface area (Å²) in [6, 6.07) is 6.34. The predicted molar refractivity (Wildman–Crippen MR) is 87.9 cm³/mol. The molecular weight excluding hydrogens is 306 g/mol. The maximum Gasteiger partial charge on any atom is 0.228 e. The van der Waals surface area contributed by atoms with Crippen LogP contribution < -0.4 is 0 Å². The van der Waals surface area contributed by atoms with E-state index in [4.69, 9.17) is 4.74 Å². The van der Waals surface area contributed by atoms with E-state index in [-0.39, 0.29) is 17.3 Å². The van der Waals surface area contributed by atoms with Crippen molar-refractivity contribution in [2.45, 2.75) is 44.4 Å². The van der Waals surface area contributed by atoms with E-state index in [0.717, 1.165) is 25.9 Å². The van der Waals surface area contributed by atoms with Gasteiger partial charge in [-0.2, -0.15) is 0 Å². The zero-order chi connectivity index (χ0) is 17.1. The number of nitrogens with zero attached hydrogens (tertiary/aromatic N) is 1. The number of ketones is 2. The molecule has 0 aromatic heterocycles. The van der Waals surface area contributed by atoms with Crippen LogP contribution in [-0.2, 0) is 4.74 Å². The number of Topliss-reactive ketones (excluding diaryl/α,β-unsaturated/α-hetero) is 2. The lowest BCUT2D eigenvalue weighted by molar-refractivity contribution is -0.109. The maximum atomic E-state index is 13.1. The lowest BCUT2D eigenvalue weighted by Gasteiger charge is -2.46. The minimum atomic E-state index is -0.922. The fourth-order valence-electron chi connectivity index (χ4n) is 4.01. The molecule has 0 saturated carbocycles. The highest BCUT2D eigenvalue weighted by molar-refractivity contribution is 6.26. The highest BCUT2D eigenvalue weighted by Crippen LogP contribution is 2.41. The molecule has 3 aliphatic rings. The Labute approximate surface area is 140 Å². The predicted octanol–water partition coefficient (Wildman–Crippen LogP) is 1.95. The minimum Gasteiger partial charge on any atom is -0.480 e. The summed E-state index contributed by atoms with van der Waals surface area (Å²) in [6.07, 6.45) is 1.20. The Morgan fingerprint density at radius 1 is 1.08 bits per heavy atom. The molecule has 126 valence electrons. The molecule has 5 nitrogen and oxygen atoms in total. The number of ether oxygens (including phenoxy) is 1. The molecule has 1 saturated heterocycles. The summed E-state index contributed by atoms with van der Waals surface area (Å²) in [6.45, 7) is 5.17. The Hall–Kier alpha value is -1.98. The third-order valence-electron chi connectivity index (χ3n) is 5.32. The molecule has 2 aliphatic heterocycles. The highest BCUT2D eigenvalue weighted by atomic mass is 16.5. The number of allylic oxidation sites excluding steroid dienone is 1. The summed E-state index contributed by atoms with van der Waals surface area (Å²) in [5.74, 6) is -0.345. The van der Waals surface area contributed by atoms with E-state index in [1.807, 2.05) is 0 Å². The van der Waals surface area contributed by atoms with Crippen LogP contribution in [0.25, 0.3) is 0 Å². The Balaban J connectivity index is 1.90. The average molecular weight is 327 g/mol. The van der Waals surface area contributed by atoms with E-state index in [9.17, 15) is 14.7 Å². The number of rotatable bonds is 1. The smallest absolute Gasteiger partial charge is 0.228 e. The van der Waals surface area contributed by atoms with Crippen LogP contribution in [0.2, 0.25) is 0 Å². The topological polar surface area (TPSA) is 66.8 Å². The van der Waals surface area contributed by atoms with Gasteiger partial charge in [0.15, 0.2) is 11.5 Å². The molecule has 0 radical (unpaired) electrons. The van der Waals surface area contributed by atoms with Gasteiger partial charge in [0.2, 0.25) is 5.78 Å². The molecule has 1 fully saturated rings. The van der Waals surface area contributed by atoms with Crippen molar-refractivity contribution in [1.82, 2.24) is 4.90 Å². The van der Waals surface area contributed by atoms with E-state index in [0.29, 0.717) is 16.7 Å². The van der Waals surface area contributed by atoms with Crippen molar-refractivity contribution in [3.8, 4) is 0 Å². The van der Waals surface area contributed by atoms with Crippen molar-refractivity contribution in [2.24, 2.45) is 0 Å². The summed E-state index contributed by atoms with van der Waals surface area (Å²) < 4.78 is 5.85. The van der Waals surface area contributed by atoms with Crippen LogP contribution >= 0.6 is 0 Å². The van der Waals surface area contributed by atoms with Crippen LogP contribution in [0.3, 0.4) is 0 Å². The van der Waals surface area contributed by atoms with Crippen molar-refractivity contribution in [2.75, 3.05) is 13.1 Å². The Morgan fingerprint density at radius 3 is 2.29 bits per heavy atom. The van der Waals surface area contributed by atoms with Crippen molar-refractivity contribution >= 4 is 11.6 Å². The number of carbonyl (C=O) groups excluding carboxylic acids is 2. The summed E-state index contributed by atoms with van der Waals surface area (Å²) in [4.78, 5) is 28.1. The van der Waals surface area contributed by atoms with Gasteiger partial charge in [0.25, 0.3) is 0 Å². The lowest BCUT2D eigenvalue weighted by Crippen LogP contribution is -2.59. The molecule has 0 unspecified atom stereocenters. The molecule has 1 aromatic rings. The second-order valence-corrected chi connectivity index (χ2v) is 7.28. The quantitative estimate of drug-likeness (QED) is 0.854. The van der Waals surface area contributed by atoms with Gasteiger partial charge in [-0.05, 0) is 39.8 Å². The summed E-state index contributed by atoms with van der Waals surface area (Å²) >= 11 is 0. The van der Waals surface area contributed by atoms with Gasteiger partial charge in [-0.25, -0.2) is 0 Å². The van der Waals surface area contributed by atoms with Crippen LogP contribution in [0.15, 0.2) is 35.6 Å².